The summed E-state index contributed by atoms with van der Waals surface area (Å²) in [5.41, 5.74) is 7.76. The van der Waals surface area contributed by atoms with E-state index in [1.165, 1.54) is 10.4 Å². The van der Waals surface area contributed by atoms with Gasteiger partial charge in [0.25, 0.3) is 0 Å². The van der Waals surface area contributed by atoms with Crippen LogP contribution in [0.3, 0.4) is 0 Å². The van der Waals surface area contributed by atoms with E-state index in [2.05, 4.69) is 35.5 Å². The van der Waals surface area contributed by atoms with Gasteiger partial charge in [0.2, 0.25) is 5.91 Å². The summed E-state index contributed by atoms with van der Waals surface area (Å²) in [5, 5.41) is 5.19. The Morgan fingerprint density at radius 2 is 2.19 bits per heavy atom. The van der Waals surface area contributed by atoms with Crippen molar-refractivity contribution in [3.63, 3.8) is 0 Å². The van der Waals surface area contributed by atoms with Crippen molar-refractivity contribution in [1.29, 1.82) is 0 Å². The van der Waals surface area contributed by atoms with Crippen molar-refractivity contribution < 1.29 is 4.79 Å². The molecule has 2 atom stereocenters. The topological polar surface area (TPSA) is 58.4 Å². The Hall–Kier alpha value is -0.910. The molecule has 0 bridgehead atoms. The fourth-order valence-corrected chi connectivity index (χ4v) is 4.29. The van der Waals surface area contributed by atoms with Crippen molar-refractivity contribution in [1.82, 2.24) is 10.2 Å². The number of nitrogens with two attached hydrogens (primary N) is 1. The quantitative estimate of drug-likeness (QED) is 0.878. The van der Waals surface area contributed by atoms with Crippen LogP contribution in [-0.2, 0) is 4.79 Å². The molecule has 0 radical (unpaired) electrons. The molecular formula is C16H27N3OS. The number of piperidine rings is 1. The Kier molecular flexibility index (Phi) is 5.79. The number of nitrogens with one attached hydrogen (secondary N) is 1. The number of hydrogen-bond donors (Lipinski definition) is 2. The second-order valence-electron chi connectivity index (χ2n) is 6.00. The third kappa shape index (κ3) is 4.05. The van der Waals surface area contributed by atoms with Gasteiger partial charge in [-0.2, -0.15) is 0 Å². The van der Waals surface area contributed by atoms with Gasteiger partial charge in [-0.15, -0.1) is 11.3 Å². The lowest BCUT2D eigenvalue weighted by Crippen LogP contribution is -2.48. The molecule has 1 saturated heterocycles. The predicted octanol–water partition coefficient (Wildman–Crippen LogP) is 2.44. The molecule has 5 heteroatoms. The fourth-order valence-electron chi connectivity index (χ4n) is 3.15. The first-order chi connectivity index (χ1) is 10.0. The Labute approximate surface area is 131 Å². The smallest absolute Gasteiger partial charge is 0.217 e. The average Bonchev–Trinajstić information content (AvgIpc) is 2.86. The zero-order chi connectivity index (χ0) is 15.4. The summed E-state index contributed by atoms with van der Waals surface area (Å²) in [7, 11) is 0. The monoisotopic (exact) mass is 309 g/mol. The second kappa shape index (κ2) is 7.38. The first-order valence-corrected chi connectivity index (χ1v) is 8.71. The SMILES string of the molecule is CCC(N)C(c1sccc1C)N1CCC(NC(C)=O)CC1. The van der Waals surface area contributed by atoms with Gasteiger partial charge < -0.3 is 11.1 Å². The van der Waals surface area contributed by atoms with Gasteiger partial charge in [0.1, 0.15) is 0 Å². The molecule has 1 aliphatic rings. The van der Waals surface area contributed by atoms with Gasteiger partial charge in [-0.05, 0) is 43.2 Å². The van der Waals surface area contributed by atoms with E-state index in [0.29, 0.717) is 12.1 Å². The van der Waals surface area contributed by atoms with E-state index in [1.54, 1.807) is 6.92 Å². The van der Waals surface area contributed by atoms with Crippen LogP contribution in [-0.4, -0.2) is 36.0 Å². The van der Waals surface area contributed by atoms with Gasteiger partial charge in [-0.1, -0.05) is 6.92 Å². The molecule has 0 saturated carbocycles. The maximum atomic E-state index is 11.2. The van der Waals surface area contributed by atoms with Crippen LogP contribution in [0.1, 0.15) is 49.6 Å². The molecule has 1 aliphatic heterocycles. The minimum Gasteiger partial charge on any atom is -0.354 e. The second-order valence-corrected chi connectivity index (χ2v) is 6.94. The number of amides is 1. The molecule has 4 nitrogen and oxygen atoms in total. The highest BCUT2D eigenvalue weighted by Crippen LogP contribution is 2.33. The van der Waals surface area contributed by atoms with Gasteiger partial charge in [0.15, 0.2) is 0 Å². The van der Waals surface area contributed by atoms with Gasteiger partial charge in [0.05, 0.1) is 6.04 Å². The number of likely N-dealkylation sites (tertiary alicyclic amines) is 1. The molecule has 2 unspecified atom stereocenters. The summed E-state index contributed by atoms with van der Waals surface area (Å²) >= 11 is 1.82. The minimum atomic E-state index is 0.0735. The van der Waals surface area contributed by atoms with Gasteiger partial charge in [-0.25, -0.2) is 0 Å². The van der Waals surface area contributed by atoms with Crippen LogP contribution < -0.4 is 11.1 Å². The lowest BCUT2D eigenvalue weighted by Gasteiger charge is -2.40. The van der Waals surface area contributed by atoms with E-state index in [-0.39, 0.29) is 11.9 Å². The summed E-state index contributed by atoms with van der Waals surface area (Å²) in [6.07, 6.45) is 3.00. The molecule has 2 rings (SSSR count). The third-order valence-electron chi connectivity index (χ3n) is 4.38. The maximum absolute atomic E-state index is 11.2. The summed E-state index contributed by atoms with van der Waals surface area (Å²) in [6.45, 7) is 7.93. The van der Waals surface area contributed by atoms with Crippen LogP contribution in [0, 0.1) is 6.92 Å². The number of thiophene rings is 1. The number of hydrogen-bond acceptors (Lipinski definition) is 4. The average molecular weight is 309 g/mol. The van der Waals surface area contributed by atoms with E-state index in [0.717, 1.165) is 32.4 Å². The lowest BCUT2D eigenvalue weighted by atomic mass is 9.96. The van der Waals surface area contributed by atoms with E-state index < -0.39 is 0 Å². The van der Waals surface area contributed by atoms with Crippen LogP contribution in [0.25, 0.3) is 0 Å². The lowest BCUT2D eigenvalue weighted by molar-refractivity contribution is -0.120. The molecule has 3 N–H and O–H groups in total. The van der Waals surface area contributed by atoms with Gasteiger partial charge in [0, 0.05) is 37.0 Å². The predicted molar refractivity (Wildman–Crippen MR) is 88.5 cm³/mol. The highest BCUT2D eigenvalue weighted by Gasteiger charge is 2.31. The molecular weight excluding hydrogens is 282 g/mol. The van der Waals surface area contributed by atoms with E-state index in [1.807, 2.05) is 11.3 Å². The van der Waals surface area contributed by atoms with E-state index in [9.17, 15) is 4.79 Å². The van der Waals surface area contributed by atoms with Crippen molar-refractivity contribution in [3.8, 4) is 0 Å². The Balaban J connectivity index is 2.06. The molecule has 1 amide bonds. The first-order valence-electron chi connectivity index (χ1n) is 7.83. The van der Waals surface area contributed by atoms with Crippen molar-refractivity contribution in [2.75, 3.05) is 13.1 Å². The summed E-state index contributed by atoms with van der Waals surface area (Å²) in [5.74, 6) is 0.0735. The van der Waals surface area contributed by atoms with Crippen molar-refractivity contribution in [2.45, 2.75) is 58.2 Å². The summed E-state index contributed by atoms with van der Waals surface area (Å²) in [6, 6.07) is 2.98. The third-order valence-corrected chi connectivity index (χ3v) is 5.47. The largest absolute Gasteiger partial charge is 0.354 e. The molecule has 0 aliphatic carbocycles. The van der Waals surface area contributed by atoms with Crippen molar-refractivity contribution in [2.24, 2.45) is 5.73 Å². The van der Waals surface area contributed by atoms with Crippen LogP contribution in [0.2, 0.25) is 0 Å². The number of nitrogens with zero attached hydrogens (tertiary/aromatic N) is 1. The maximum Gasteiger partial charge on any atom is 0.217 e. The standard InChI is InChI=1S/C16H27N3OS/c1-4-14(17)15(16-11(2)7-10-21-16)19-8-5-13(6-9-19)18-12(3)20/h7,10,13-15H,4-6,8-9,17H2,1-3H3,(H,18,20). The number of rotatable bonds is 5. The van der Waals surface area contributed by atoms with Crippen LogP contribution in [0.4, 0.5) is 0 Å². The number of carbonyl (C=O) groups excluding carboxylic acids is 1. The molecule has 1 aromatic heterocycles. The number of aryl methyl sites for hydroxylation is 1. The van der Waals surface area contributed by atoms with Crippen LogP contribution >= 0.6 is 11.3 Å². The Bertz CT molecular complexity index is 466. The normalized spacial score (nSPS) is 20.2. The summed E-state index contributed by atoms with van der Waals surface area (Å²) < 4.78 is 0. The van der Waals surface area contributed by atoms with Crippen LogP contribution in [0.5, 0.6) is 0 Å². The minimum absolute atomic E-state index is 0.0735. The summed E-state index contributed by atoms with van der Waals surface area (Å²) in [4.78, 5) is 15.1. The van der Waals surface area contributed by atoms with Crippen LogP contribution in [0.15, 0.2) is 11.4 Å². The molecule has 0 aromatic carbocycles. The Morgan fingerprint density at radius 1 is 1.52 bits per heavy atom. The van der Waals surface area contributed by atoms with Crippen molar-refractivity contribution in [3.05, 3.63) is 21.9 Å². The van der Waals surface area contributed by atoms with Gasteiger partial charge in [-0.3, -0.25) is 9.69 Å². The highest BCUT2D eigenvalue weighted by molar-refractivity contribution is 7.10. The molecule has 2 heterocycles. The van der Waals surface area contributed by atoms with Gasteiger partial charge >= 0.3 is 0 Å². The number of carbonyl (C=O) groups is 1. The zero-order valence-corrected chi connectivity index (χ0v) is 14.1. The molecule has 21 heavy (non-hydrogen) atoms. The zero-order valence-electron chi connectivity index (χ0n) is 13.3. The molecule has 0 spiro atoms. The van der Waals surface area contributed by atoms with E-state index in [4.69, 9.17) is 5.73 Å². The highest BCUT2D eigenvalue weighted by atomic mass is 32.1. The molecule has 1 aromatic rings. The molecule has 1 fully saturated rings. The Morgan fingerprint density at radius 3 is 2.67 bits per heavy atom. The fraction of sp³-hybridized carbons (Fsp3) is 0.688. The molecule has 118 valence electrons. The van der Waals surface area contributed by atoms with E-state index >= 15 is 0 Å². The first kappa shape index (κ1) is 16.5. The van der Waals surface area contributed by atoms with Crippen molar-refractivity contribution >= 4 is 17.2 Å².